The Labute approximate surface area is 911 Å². The Bertz CT molecular complexity index is 3380. The van der Waals surface area contributed by atoms with E-state index in [1.165, 1.54) is 123 Å². The molecule has 6 aliphatic carbocycles. The highest BCUT2D eigenvalue weighted by Gasteiger charge is 2.58. The van der Waals surface area contributed by atoms with Crippen LogP contribution in [0.2, 0.25) is 0 Å². The molecule has 0 N–H and O–H groups in total. The maximum atomic E-state index is 12.5. The third-order valence-electron chi connectivity index (χ3n) is 29.5. The van der Waals surface area contributed by atoms with Gasteiger partial charge in [0.2, 0.25) is 0 Å². The van der Waals surface area contributed by atoms with Crippen molar-refractivity contribution in [2.45, 2.75) is 564 Å². The van der Waals surface area contributed by atoms with Crippen LogP contribution in [-0.2, 0) is 85.3 Å². The summed E-state index contributed by atoms with van der Waals surface area (Å²) in [6.45, 7) is 107. The SMILES string of the molecule is CC(C)(C)OC1CC(OCCCOCCCN2CC(OC(C)(C)C)C2)C1.CC(C)(C)OCCCCOCCCCN1CC2(CC(OC(C)(C)C)C2)C1.CC(C)(C)OCCCCOCCCCOC1CC2(C1)CN(C(C)(C)C)C2.CC(C)(C)OCCCOCCCC1CN(C(C)(C)C)C1.CC(C)(C)OCCCOCCCN1CC(OC(C)(C)C)C1.CN(C1CC(OC(C)(C)C)C1)C1CC2(CC(C(=O)CCCCOC(C)(C)C)C2)C1. The highest BCUT2D eigenvalue weighted by atomic mass is 16.6. The number of carbonyl (C=O) groups is 1. The summed E-state index contributed by atoms with van der Waals surface area (Å²) in [4.78, 5) is 27.7. The number of rotatable bonds is 59. The number of ether oxygens (including phenoxy) is 17. The van der Waals surface area contributed by atoms with Crippen LogP contribution in [-0.4, -0.2) is 362 Å². The molecular weight excluding hydrogens is 1860 g/mol. The standard InChI is InChI=1S/C25H45NO3.2C22H43NO3.C21H41NO4.C17H35NO3.C17H35NO2/c1-23(2,3)28-11-9-8-10-22(27)18-14-25(15-18)16-20(17-25)26(7)19-12-21(13-19)29-24(4,5)6;1-20(2,3)23-17-22(18-23)15-19(16-22)25-13-9-7-11-24-12-8-10-14-26-21(4,5)6;1-20(2,3)25-14-10-9-13-24-12-8-7-11-23-17-22(18-23)15-19(16-22)26-21(4,5)6;1-20(2,3)25-18-13-17(14-18)24-12-8-11-23-10-7-9-22-15-19(16-22)26-21(4,5)6;1-16(2,3)20-12-8-11-19-10-7-9-18-13-15(14-18)21-17(4,5)6;1-16(2,3)18-13-15(14-18)9-7-10-19-11-8-12-20-17(4,5)6/h18-21H,8-17H2,1-7H3;2*19H,7-18H2,1-6H3;17-19H,7-16H2,1-6H3;15H,7-14H2,1-6H3;15H,7-14H2,1-6H3. The van der Waals surface area contributed by atoms with E-state index in [9.17, 15) is 4.79 Å². The highest BCUT2D eigenvalue weighted by Crippen LogP contribution is 2.61. The minimum absolute atomic E-state index is 0.00925. The van der Waals surface area contributed by atoms with E-state index in [1.54, 1.807) is 0 Å². The van der Waals surface area contributed by atoms with Gasteiger partial charge < -0.3 is 90.3 Å². The third kappa shape index (κ3) is 61.4. The van der Waals surface area contributed by atoms with Crippen LogP contribution in [0.25, 0.3) is 0 Å². The number of likely N-dealkylation sites (tertiary alicyclic amines) is 5. The van der Waals surface area contributed by atoms with Gasteiger partial charge in [-0.25, -0.2) is 0 Å². The zero-order chi connectivity index (χ0) is 110. The second-order valence-electron chi connectivity index (χ2n) is 58.7. The van der Waals surface area contributed by atoms with Crippen LogP contribution in [0, 0.1) is 28.1 Å². The summed E-state index contributed by atoms with van der Waals surface area (Å²) in [5.74, 6) is 1.74. The Balaban J connectivity index is 0.000000272. The predicted molar refractivity (Wildman–Crippen MR) is 610 cm³/mol. The minimum Gasteiger partial charge on any atom is -0.381 e. The lowest BCUT2D eigenvalue weighted by atomic mass is 9.49. The molecule has 24 heteroatoms. The molecule has 0 atom stereocenters. The molecule has 5 saturated heterocycles. The van der Waals surface area contributed by atoms with Gasteiger partial charge in [-0.05, 0) is 460 Å². The summed E-state index contributed by atoms with van der Waals surface area (Å²) in [5, 5.41) is 0. The van der Waals surface area contributed by atoms with E-state index in [2.05, 4.69) is 286 Å². The number of hydrogen-bond acceptors (Lipinski definition) is 24. The molecule has 0 unspecified atom stereocenters. The Morgan fingerprint density at radius 1 is 0.257 bits per heavy atom. The van der Waals surface area contributed by atoms with Crippen molar-refractivity contribution in [3.63, 3.8) is 0 Å². The molecule has 11 aliphatic rings. The molecule has 3 spiro atoms. The van der Waals surface area contributed by atoms with Crippen LogP contribution in [0.5, 0.6) is 0 Å². The van der Waals surface area contributed by atoms with Crippen molar-refractivity contribution in [3.05, 3.63) is 0 Å². The van der Waals surface area contributed by atoms with Crippen molar-refractivity contribution < 1.29 is 85.3 Å². The molecule has 0 aromatic carbocycles. The van der Waals surface area contributed by atoms with Crippen LogP contribution >= 0.6 is 0 Å². The monoisotopic (exact) mass is 2100 g/mol. The largest absolute Gasteiger partial charge is 0.381 e. The molecule has 5 heterocycles. The first-order valence-corrected chi connectivity index (χ1v) is 60.1. The van der Waals surface area contributed by atoms with E-state index >= 15 is 0 Å². The van der Waals surface area contributed by atoms with Gasteiger partial charge in [-0.3, -0.25) is 24.4 Å². The van der Waals surface area contributed by atoms with Gasteiger partial charge in [0.15, 0.2) is 0 Å². The Kier molecular flexibility index (Phi) is 57.8. The fourth-order valence-electron chi connectivity index (χ4n) is 21.7. The lowest BCUT2D eigenvalue weighted by molar-refractivity contribution is -0.186. The van der Waals surface area contributed by atoms with Gasteiger partial charge in [0.1, 0.15) is 5.78 Å². The summed E-state index contributed by atoms with van der Waals surface area (Å²) in [6.07, 6.45) is 36.8. The van der Waals surface area contributed by atoms with E-state index in [0.29, 0.717) is 87.8 Å². The molecule has 0 radical (unpaired) electrons. The molecule has 148 heavy (non-hydrogen) atoms. The fraction of sp³-hybridized carbons (Fsp3) is 0.992. The number of carbonyl (C=O) groups excluding carboxylic acids is 1. The van der Waals surface area contributed by atoms with Crippen LogP contribution in [0.3, 0.4) is 0 Å². The van der Waals surface area contributed by atoms with Crippen LogP contribution < -0.4 is 0 Å². The first-order chi connectivity index (χ1) is 68.5. The van der Waals surface area contributed by atoms with Gasteiger partial charge >= 0.3 is 0 Å². The number of nitrogens with zero attached hydrogens (tertiary/aromatic N) is 6. The minimum atomic E-state index is -0.0711. The van der Waals surface area contributed by atoms with Crippen molar-refractivity contribution in [3.8, 4) is 0 Å². The molecule has 11 rings (SSSR count). The van der Waals surface area contributed by atoms with Crippen molar-refractivity contribution >= 4 is 5.78 Å². The summed E-state index contributed by atoms with van der Waals surface area (Å²) >= 11 is 0. The molecule has 0 aromatic heterocycles. The molecular formula is C124H242N6O18. The number of unbranched alkanes of at least 4 members (excludes halogenated alkanes) is 5. The fourth-order valence-corrected chi connectivity index (χ4v) is 21.7. The third-order valence-corrected chi connectivity index (χ3v) is 29.5. The second kappa shape index (κ2) is 63.2. The Hall–Kier alpha value is -1.25. The van der Waals surface area contributed by atoms with E-state index in [0.717, 1.165) is 279 Å². The maximum Gasteiger partial charge on any atom is 0.136 e. The quantitative estimate of drug-likeness (QED) is 0.0521. The number of ketones is 1. The van der Waals surface area contributed by atoms with Crippen LogP contribution in [0.4, 0.5) is 0 Å². The van der Waals surface area contributed by atoms with E-state index in [-0.39, 0.29) is 56.0 Å². The first kappa shape index (κ1) is 135. The predicted octanol–water partition coefficient (Wildman–Crippen LogP) is 25.2. The van der Waals surface area contributed by atoms with Gasteiger partial charge in [-0.1, -0.05) is 0 Å². The molecule has 11 fully saturated rings. The van der Waals surface area contributed by atoms with Crippen LogP contribution in [0.15, 0.2) is 0 Å². The lowest BCUT2D eigenvalue weighted by Crippen LogP contribution is -2.68. The summed E-state index contributed by atoms with van der Waals surface area (Å²) in [7, 11) is 2.30. The molecule has 876 valence electrons. The molecule has 0 aromatic rings. The molecule has 0 bridgehead atoms. The zero-order valence-electron chi connectivity index (χ0n) is 104. The van der Waals surface area contributed by atoms with Gasteiger partial charge in [-0.15, -0.1) is 0 Å². The topological polar surface area (TPSA) is 193 Å². The van der Waals surface area contributed by atoms with E-state index in [1.807, 2.05) is 0 Å². The summed E-state index contributed by atoms with van der Waals surface area (Å²) in [5.41, 5.74) is 2.09. The lowest BCUT2D eigenvalue weighted by Gasteiger charge is -2.62. The molecule has 6 saturated carbocycles. The Morgan fingerprint density at radius 2 is 0.561 bits per heavy atom. The first-order valence-electron chi connectivity index (χ1n) is 60.1. The van der Waals surface area contributed by atoms with Gasteiger partial charge in [0.25, 0.3) is 0 Å². The zero-order valence-corrected chi connectivity index (χ0v) is 104. The normalized spacial score (nSPS) is 24.0. The highest BCUT2D eigenvalue weighted by molar-refractivity contribution is 5.82. The van der Waals surface area contributed by atoms with E-state index in [4.69, 9.17) is 80.5 Å². The smallest absolute Gasteiger partial charge is 0.136 e. The van der Waals surface area contributed by atoms with Crippen LogP contribution in [0.1, 0.15) is 442 Å². The molecule has 0 amide bonds. The second-order valence-corrected chi connectivity index (χ2v) is 58.7. The van der Waals surface area contributed by atoms with Crippen molar-refractivity contribution in [1.82, 2.24) is 29.4 Å². The van der Waals surface area contributed by atoms with Crippen molar-refractivity contribution in [1.29, 1.82) is 0 Å². The summed E-state index contributed by atoms with van der Waals surface area (Å²) in [6, 6.07) is 1.42. The van der Waals surface area contributed by atoms with Gasteiger partial charge in [0, 0.05) is 237 Å². The van der Waals surface area contributed by atoms with Crippen molar-refractivity contribution in [2.24, 2.45) is 28.1 Å². The Morgan fingerprint density at radius 3 is 0.959 bits per heavy atom. The maximum absolute atomic E-state index is 12.5. The summed E-state index contributed by atoms with van der Waals surface area (Å²) < 4.78 is 98.8. The molecule has 5 aliphatic heterocycles. The number of Topliss-reactive ketones (excluding diaryl/α,β-unsaturated/α-hetero) is 1. The van der Waals surface area contributed by atoms with E-state index < -0.39 is 0 Å². The van der Waals surface area contributed by atoms with Gasteiger partial charge in [0.05, 0.1) is 98.7 Å². The van der Waals surface area contributed by atoms with Crippen molar-refractivity contribution in [2.75, 3.05) is 204 Å². The molecule has 24 nitrogen and oxygen atoms in total. The average molecular weight is 2110 g/mol. The van der Waals surface area contributed by atoms with Gasteiger partial charge in [-0.2, -0.15) is 0 Å². The average Bonchev–Trinajstić information content (AvgIpc) is 0.728. The number of hydrogen-bond donors (Lipinski definition) is 0.